The van der Waals surface area contributed by atoms with Crippen molar-refractivity contribution in [2.45, 2.75) is 30.7 Å². The molecule has 0 saturated heterocycles. The number of benzene rings is 1. The van der Waals surface area contributed by atoms with Gasteiger partial charge in [-0.3, -0.25) is 0 Å². The molecular formula is C11H17FN2O2S. The van der Waals surface area contributed by atoms with Gasteiger partial charge in [-0.2, -0.15) is 0 Å². The van der Waals surface area contributed by atoms with Gasteiger partial charge in [-0.05, 0) is 24.6 Å². The molecule has 1 unspecified atom stereocenters. The standard InChI is InChI=1S/C11H17FN2O2S/c1-2-4-10(13)8-14-17(15,16)11-6-3-5-9(12)7-11/h3,5-7,10,14H,2,4,8,13H2,1H3. The van der Waals surface area contributed by atoms with Crippen molar-refractivity contribution in [3.05, 3.63) is 30.1 Å². The van der Waals surface area contributed by atoms with Gasteiger partial charge in [0.15, 0.2) is 0 Å². The minimum atomic E-state index is -3.67. The number of hydrogen-bond acceptors (Lipinski definition) is 3. The number of rotatable bonds is 6. The Balaban J connectivity index is 2.69. The van der Waals surface area contributed by atoms with Gasteiger partial charge in [-0.1, -0.05) is 19.4 Å². The van der Waals surface area contributed by atoms with Crippen molar-refractivity contribution in [1.29, 1.82) is 0 Å². The van der Waals surface area contributed by atoms with Crippen LogP contribution in [-0.2, 0) is 10.0 Å². The summed E-state index contributed by atoms with van der Waals surface area (Å²) in [7, 11) is -3.67. The van der Waals surface area contributed by atoms with Crippen molar-refractivity contribution >= 4 is 10.0 Å². The largest absolute Gasteiger partial charge is 0.327 e. The molecule has 0 aliphatic heterocycles. The van der Waals surface area contributed by atoms with Crippen molar-refractivity contribution in [1.82, 2.24) is 4.72 Å². The van der Waals surface area contributed by atoms with Crippen molar-refractivity contribution in [3.8, 4) is 0 Å². The Hall–Kier alpha value is -0.980. The van der Waals surface area contributed by atoms with Crippen molar-refractivity contribution in [3.63, 3.8) is 0 Å². The van der Waals surface area contributed by atoms with E-state index in [0.29, 0.717) is 0 Å². The lowest BCUT2D eigenvalue weighted by molar-refractivity contribution is 0.551. The molecule has 1 aromatic carbocycles. The molecule has 0 heterocycles. The highest BCUT2D eigenvalue weighted by Crippen LogP contribution is 2.10. The molecule has 1 aromatic rings. The van der Waals surface area contributed by atoms with E-state index in [-0.39, 0.29) is 17.5 Å². The number of sulfonamides is 1. The SMILES string of the molecule is CCCC(N)CNS(=O)(=O)c1cccc(F)c1. The summed E-state index contributed by atoms with van der Waals surface area (Å²) in [6.07, 6.45) is 1.63. The normalized spacial score (nSPS) is 13.6. The van der Waals surface area contributed by atoms with Gasteiger partial charge in [0.25, 0.3) is 0 Å². The summed E-state index contributed by atoms with van der Waals surface area (Å²) in [4.78, 5) is -0.0822. The van der Waals surface area contributed by atoms with E-state index >= 15 is 0 Å². The highest BCUT2D eigenvalue weighted by atomic mass is 32.2. The second-order valence-corrected chi connectivity index (χ2v) is 5.62. The van der Waals surface area contributed by atoms with Crippen LogP contribution in [0.5, 0.6) is 0 Å². The minimum Gasteiger partial charge on any atom is -0.327 e. The van der Waals surface area contributed by atoms with Crippen LogP contribution < -0.4 is 10.5 Å². The summed E-state index contributed by atoms with van der Waals surface area (Å²) in [5, 5.41) is 0. The summed E-state index contributed by atoms with van der Waals surface area (Å²) in [5.41, 5.74) is 5.70. The highest BCUT2D eigenvalue weighted by Gasteiger charge is 2.15. The molecule has 0 aliphatic carbocycles. The molecule has 0 aliphatic rings. The summed E-state index contributed by atoms with van der Waals surface area (Å²) < 4.78 is 38.8. The van der Waals surface area contributed by atoms with E-state index < -0.39 is 15.8 Å². The first-order chi connectivity index (χ1) is 7.95. The predicted octanol–water partition coefficient (Wildman–Crippen LogP) is 1.23. The molecule has 0 bridgehead atoms. The number of hydrogen-bond donors (Lipinski definition) is 2. The molecule has 96 valence electrons. The van der Waals surface area contributed by atoms with Crippen LogP contribution in [0.2, 0.25) is 0 Å². The Morgan fingerprint density at radius 1 is 1.47 bits per heavy atom. The molecular weight excluding hydrogens is 243 g/mol. The third kappa shape index (κ3) is 4.41. The van der Waals surface area contributed by atoms with E-state index in [0.717, 1.165) is 18.9 Å². The van der Waals surface area contributed by atoms with Crippen LogP contribution in [0.15, 0.2) is 29.2 Å². The lowest BCUT2D eigenvalue weighted by Gasteiger charge is -2.12. The molecule has 4 nitrogen and oxygen atoms in total. The average Bonchev–Trinajstić information content (AvgIpc) is 2.27. The summed E-state index contributed by atoms with van der Waals surface area (Å²) in [6.45, 7) is 2.13. The zero-order chi connectivity index (χ0) is 12.9. The maximum atomic E-state index is 12.9. The topological polar surface area (TPSA) is 72.2 Å². The van der Waals surface area contributed by atoms with Gasteiger partial charge in [-0.25, -0.2) is 17.5 Å². The van der Waals surface area contributed by atoms with Crippen LogP contribution in [0, 0.1) is 5.82 Å². The third-order valence-corrected chi connectivity index (χ3v) is 3.72. The second-order valence-electron chi connectivity index (χ2n) is 3.86. The maximum Gasteiger partial charge on any atom is 0.240 e. The smallest absolute Gasteiger partial charge is 0.240 e. The second kappa shape index (κ2) is 6.09. The summed E-state index contributed by atoms with van der Waals surface area (Å²) >= 11 is 0. The van der Waals surface area contributed by atoms with Gasteiger partial charge >= 0.3 is 0 Å². The fraction of sp³-hybridized carbons (Fsp3) is 0.455. The van der Waals surface area contributed by atoms with Gasteiger partial charge in [-0.15, -0.1) is 0 Å². The van der Waals surface area contributed by atoms with Crippen LogP contribution in [0.1, 0.15) is 19.8 Å². The first-order valence-electron chi connectivity index (χ1n) is 5.46. The lowest BCUT2D eigenvalue weighted by Crippen LogP contribution is -2.37. The molecule has 6 heteroatoms. The molecule has 0 fully saturated rings. The molecule has 17 heavy (non-hydrogen) atoms. The maximum absolute atomic E-state index is 12.9. The third-order valence-electron chi connectivity index (χ3n) is 2.30. The molecule has 0 aromatic heterocycles. The van der Waals surface area contributed by atoms with Crippen LogP contribution in [0.4, 0.5) is 4.39 Å². The van der Waals surface area contributed by atoms with E-state index in [9.17, 15) is 12.8 Å². The molecule has 0 amide bonds. The van der Waals surface area contributed by atoms with Crippen LogP contribution >= 0.6 is 0 Å². The Morgan fingerprint density at radius 2 is 2.18 bits per heavy atom. The molecule has 0 radical (unpaired) electrons. The van der Waals surface area contributed by atoms with Crippen molar-refractivity contribution < 1.29 is 12.8 Å². The quantitative estimate of drug-likeness (QED) is 0.808. The first-order valence-corrected chi connectivity index (χ1v) is 6.95. The monoisotopic (exact) mass is 260 g/mol. The van der Waals surface area contributed by atoms with Gasteiger partial charge in [0, 0.05) is 12.6 Å². The van der Waals surface area contributed by atoms with Gasteiger partial charge < -0.3 is 5.73 Å². The van der Waals surface area contributed by atoms with E-state index in [1.807, 2.05) is 6.92 Å². The fourth-order valence-corrected chi connectivity index (χ4v) is 2.53. The van der Waals surface area contributed by atoms with E-state index in [2.05, 4.69) is 4.72 Å². The van der Waals surface area contributed by atoms with Crippen LogP contribution in [0.25, 0.3) is 0 Å². The van der Waals surface area contributed by atoms with Crippen molar-refractivity contribution in [2.24, 2.45) is 5.73 Å². The van der Waals surface area contributed by atoms with E-state index in [1.165, 1.54) is 18.2 Å². The first kappa shape index (κ1) is 14.1. The Bertz CT molecular complexity index is 462. The number of halogens is 1. The van der Waals surface area contributed by atoms with E-state index in [4.69, 9.17) is 5.73 Å². The average molecular weight is 260 g/mol. The van der Waals surface area contributed by atoms with Gasteiger partial charge in [0.05, 0.1) is 4.90 Å². The van der Waals surface area contributed by atoms with Crippen LogP contribution in [0.3, 0.4) is 0 Å². The fourth-order valence-electron chi connectivity index (χ4n) is 1.41. The Labute approximate surface area is 101 Å². The van der Waals surface area contributed by atoms with E-state index in [1.54, 1.807) is 0 Å². The van der Waals surface area contributed by atoms with Crippen molar-refractivity contribution in [2.75, 3.05) is 6.54 Å². The number of nitrogens with two attached hydrogens (primary N) is 1. The predicted molar refractivity (Wildman–Crippen MR) is 64.5 cm³/mol. The highest BCUT2D eigenvalue weighted by molar-refractivity contribution is 7.89. The van der Waals surface area contributed by atoms with Gasteiger partial charge in [0.1, 0.15) is 5.82 Å². The van der Waals surface area contributed by atoms with Gasteiger partial charge in [0.2, 0.25) is 10.0 Å². The molecule has 0 spiro atoms. The zero-order valence-corrected chi connectivity index (χ0v) is 10.5. The molecule has 3 N–H and O–H groups in total. The van der Waals surface area contributed by atoms with Crippen LogP contribution in [-0.4, -0.2) is 21.0 Å². The molecule has 0 saturated carbocycles. The number of nitrogens with one attached hydrogen (secondary N) is 1. The Morgan fingerprint density at radius 3 is 2.76 bits per heavy atom. The minimum absolute atomic E-state index is 0.0822. The zero-order valence-electron chi connectivity index (χ0n) is 9.69. The molecule has 1 atom stereocenters. The summed E-state index contributed by atoms with van der Waals surface area (Å²) in [5.74, 6) is -0.578. The molecule has 1 rings (SSSR count). The Kier molecular flexibility index (Phi) is 5.04. The lowest BCUT2D eigenvalue weighted by atomic mass is 10.2. The summed E-state index contributed by atoms with van der Waals surface area (Å²) in [6, 6.07) is 4.66.